The number of thiazole rings is 1. The molecule has 10 heteroatoms. The van der Waals surface area contributed by atoms with E-state index in [2.05, 4.69) is 19.9 Å². The fraction of sp³-hybridized carbons (Fsp3) is 0.300. The van der Waals surface area contributed by atoms with Gasteiger partial charge in [-0.15, -0.1) is 11.3 Å². The molecule has 0 radical (unpaired) electrons. The third-order valence-electron chi connectivity index (χ3n) is 2.55. The number of aromatic amines is 1. The molecular weight excluding hydrogens is 304 g/mol. The van der Waals surface area contributed by atoms with Gasteiger partial charge in [-0.05, 0) is 13.3 Å². The Morgan fingerprint density at radius 1 is 1.55 bits per heavy atom. The van der Waals surface area contributed by atoms with Crippen LogP contribution in [0.3, 0.4) is 0 Å². The van der Waals surface area contributed by atoms with Gasteiger partial charge in [0.1, 0.15) is 5.56 Å². The van der Waals surface area contributed by atoms with Gasteiger partial charge in [-0.2, -0.15) is 13.5 Å². The zero-order valence-corrected chi connectivity index (χ0v) is 12.3. The Hall–Kier alpha value is -1.94. The van der Waals surface area contributed by atoms with Gasteiger partial charge in [0.25, 0.3) is 10.0 Å². The largest absolute Gasteiger partial charge is 0.478 e. The molecule has 0 amide bonds. The molecule has 0 aliphatic carbocycles. The number of aromatic carboxylic acids is 1. The van der Waals surface area contributed by atoms with Gasteiger partial charge in [-0.25, -0.2) is 9.78 Å². The van der Waals surface area contributed by atoms with Crippen LogP contribution < -0.4 is 4.72 Å². The van der Waals surface area contributed by atoms with Crippen molar-refractivity contribution in [2.75, 3.05) is 4.72 Å². The molecule has 0 saturated heterocycles. The number of rotatable bonds is 5. The summed E-state index contributed by atoms with van der Waals surface area (Å²) >= 11 is 1.19. The predicted octanol–water partition coefficient (Wildman–Crippen LogP) is 1.24. The van der Waals surface area contributed by atoms with E-state index in [-0.39, 0.29) is 5.13 Å². The number of aryl methyl sites for hydroxylation is 2. The second-order valence-corrected chi connectivity index (χ2v) is 6.72. The first kappa shape index (κ1) is 14.5. The first-order chi connectivity index (χ1) is 9.35. The van der Waals surface area contributed by atoms with Crippen LogP contribution in [0.1, 0.15) is 27.9 Å². The van der Waals surface area contributed by atoms with Crippen LogP contribution in [-0.4, -0.2) is 34.7 Å². The van der Waals surface area contributed by atoms with E-state index in [1.165, 1.54) is 11.3 Å². The second-order valence-electron chi connectivity index (χ2n) is 3.90. The Morgan fingerprint density at radius 2 is 2.25 bits per heavy atom. The number of carbonyl (C=O) groups is 1. The van der Waals surface area contributed by atoms with Crippen molar-refractivity contribution in [2.45, 2.75) is 25.3 Å². The third-order valence-corrected chi connectivity index (χ3v) is 4.92. The van der Waals surface area contributed by atoms with E-state index >= 15 is 0 Å². The average molecular weight is 316 g/mol. The number of nitrogens with zero attached hydrogens (tertiary/aromatic N) is 2. The van der Waals surface area contributed by atoms with Gasteiger partial charge in [-0.1, -0.05) is 6.92 Å². The van der Waals surface area contributed by atoms with Gasteiger partial charge in [0, 0.05) is 4.88 Å². The number of sulfonamides is 1. The third kappa shape index (κ3) is 2.65. The van der Waals surface area contributed by atoms with Crippen molar-refractivity contribution in [3.8, 4) is 0 Å². The Morgan fingerprint density at radius 3 is 2.80 bits per heavy atom. The molecule has 0 fully saturated rings. The summed E-state index contributed by atoms with van der Waals surface area (Å²) in [6.07, 6.45) is 1.63. The van der Waals surface area contributed by atoms with Crippen molar-refractivity contribution in [3.05, 3.63) is 22.3 Å². The minimum atomic E-state index is -4.06. The molecule has 108 valence electrons. The van der Waals surface area contributed by atoms with Gasteiger partial charge in [0.2, 0.25) is 0 Å². The molecule has 2 aromatic heterocycles. The van der Waals surface area contributed by atoms with Crippen LogP contribution in [0, 0.1) is 6.92 Å². The van der Waals surface area contributed by atoms with E-state index in [1.54, 1.807) is 0 Å². The van der Waals surface area contributed by atoms with E-state index in [4.69, 9.17) is 5.11 Å². The van der Waals surface area contributed by atoms with E-state index in [1.807, 2.05) is 13.8 Å². The molecule has 8 nitrogen and oxygen atoms in total. The highest BCUT2D eigenvalue weighted by molar-refractivity contribution is 7.92. The molecule has 2 heterocycles. The summed E-state index contributed by atoms with van der Waals surface area (Å²) < 4.78 is 26.5. The number of carboxylic acids is 1. The minimum absolute atomic E-state index is 0.199. The number of nitrogens with one attached hydrogen (secondary N) is 2. The number of hydrogen-bond acceptors (Lipinski definition) is 6. The van der Waals surface area contributed by atoms with Crippen LogP contribution in [0.4, 0.5) is 5.13 Å². The highest BCUT2D eigenvalue weighted by atomic mass is 32.2. The summed E-state index contributed by atoms with van der Waals surface area (Å²) in [6, 6.07) is 0. The molecule has 0 spiro atoms. The fourth-order valence-electron chi connectivity index (χ4n) is 1.60. The van der Waals surface area contributed by atoms with Gasteiger partial charge < -0.3 is 5.11 Å². The summed E-state index contributed by atoms with van der Waals surface area (Å²) in [4.78, 5) is 16.0. The monoisotopic (exact) mass is 316 g/mol. The number of anilines is 1. The quantitative estimate of drug-likeness (QED) is 0.762. The van der Waals surface area contributed by atoms with Crippen LogP contribution >= 0.6 is 11.3 Å². The molecule has 0 atom stereocenters. The predicted molar refractivity (Wildman–Crippen MR) is 72.6 cm³/mol. The van der Waals surface area contributed by atoms with Gasteiger partial charge >= 0.3 is 5.97 Å². The summed E-state index contributed by atoms with van der Waals surface area (Å²) in [5.74, 6) is -1.37. The zero-order valence-electron chi connectivity index (χ0n) is 10.7. The van der Waals surface area contributed by atoms with Crippen molar-refractivity contribution >= 4 is 32.5 Å². The lowest BCUT2D eigenvalue weighted by Crippen LogP contribution is -2.16. The van der Waals surface area contributed by atoms with Gasteiger partial charge in [0.05, 0.1) is 11.9 Å². The summed E-state index contributed by atoms with van der Waals surface area (Å²) in [6.45, 7) is 3.75. The lowest BCUT2D eigenvalue weighted by molar-refractivity contribution is 0.0692. The lowest BCUT2D eigenvalue weighted by atomic mass is 10.3. The average Bonchev–Trinajstić information content (AvgIpc) is 2.95. The van der Waals surface area contributed by atoms with Crippen LogP contribution in [0.5, 0.6) is 0 Å². The van der Waals surface area contributed by atoms with Crippen molar-refractivity contribution < 1.29 is 18.3 Å². The normalized spacial score (nSPS) is 11.5. The van der Waals surface area contributed by atoms with Gasteiger partial charge in [0.15, 0.2) is 10.2 Å². The molecule has 3 N–H and O–H groups in total. The smallest absolute Gasteiger partial charge is 0.340 e. The van der Waals surface area contributed by atoms with Crippen LogP contribution in [0.15, 0.2) is 11.2 Å². The van der Waals surface area contributed by atoms with Crippen molar-refractivity contribution in [1.29, 1.82) is 0 Å². The SMILES string of the molecule is CCc1nc(NS(=O)(=O)c2[nH]ncc2C(=O)O)sc1C. The van der Waals surface area contributed by atoms with Crippen molar-refractivity contribution in [2.24, 2.45) is 0 Å². The van der Waals surface area contributed by atoms with E-state index in [0.717, 1.165) is 16.8 Å². The van der Waals surface area contributed by atoms with E-state index in [9.17, 15) is 13.2 Å². The maximum absolute atomic E-state index is 12.1. The molecule has 0 unspecified atom stereocenters. The van der Waals surface area contributed by atoms with E-state index in [0.29, 0.717) is 6.42 Å². The number of carboxylic acid groups (broad SMARTS) is 1. The molecular formula is C10H12N4O4S2. The van der Waals surface area contributed by atoms with Gasteiger partial charge in [-0.3, -0.25) is 9.82 Å². The summed E-state index contributed by atoms with van der Waals surface area (Å²) in [5.41, 5.74) is 0.386. The van der Waals surface area contributed by atoms with Crippen LogP contribution in [0.2, 0.25) is 0 Å². The summed E-state index contributed by atoms with van der Waals surface area (Å²) in [5, 5.41) is 14.2. The first-order valence-electron chi connectivity index (χ1n) is 5.61. The maximum Gasteiger partial charge on any atom is 0.340 e. The van der Waals surface area contributed by atoms with Crippen LogP contribution in [0.25, 0.3) is 0 Å². The standard InChI is InChI=1S/C10H12N4O4S2/c1-3-7-5(2)19-10(12-7)14-20(17,18)8-6(9(15)16)4-11-13-8/h4H,3H2,1-2H3,(H,11,13)(H,12,14)(H,15,16). The second kappa shape index (κ2) is 5.21. The molecule has 0 aromatic carbocycles. The Kier molecular flexibility index (Phi) is 3.77. The lowest BCUT2D eigenvalue weighted by Gasteiger charge is -2.03. The fourth-order valence-corrected chi connectivity index (χ4v) is 3.83. The molecule has 2 aromatic rings. The Balaban J connectivity index is 2.35. The molecule has 0 aliphatic rings. The molecule has 20 heavy (non-hydrogen) atoms. The Bertz CT molecular complexity index is 747. The first-order valence-corrected chi connectivity index (χ1v) is 7.91. The number of H-pyrrole nitrogens is 1. The molecule has 2 rings (SSSR count). The highest BCUT2D eigenvalue weighted by Crippen LogP contribution is 2.25. The minimum Gasteiger partial charge on any atom is -0.478 e. The van der Waals surface area contributed by atoms with Crippen molar-refractivity contribution in [3.63, 3.8) is 0 Å². The molecule has 0 aliphatic heterocycles. The Labute approximate surface area is 118 Å². The molecule has 0 saturated carbocycles. The topological polar surface area (TPSA) is 125 Å². The summed E-state index contributed by atoms with van der Waals surface area (Å²) in [7, 11) is -4.06. The number of aromatic nitrogens is 3. The molecule has 0 bridgehead atoms. The van der Waals surface area contributed by atoms with E-state index < -0.39 is 26.6 Å². The van der Waals surface area contributed by atoms with Crippen LogP contribution in [-0.2, 0) is 16.4 Å². The maximum atomic E-state index is 12.1. The van der Waals surface area contributed by atoms with Crippen molar-refractivity contribution in [1.82, 2.24) is 15.2 Å². The zero-order chi connectivity index (χ0) is 14.9. The number of hydrogen-bond donors (Lipinski definition) is 3. The highest BCUT2D eigenvalue weighted by Gasteiger charge is 2.26.